The number of hydrogen-bond donors (Lipinski definition) is 2. The molecule has 0 radical (unpaired) electrons. The Balaban J connectivity index is 1.94. The van der Waals surface area contributed by atoms with E-state index in [1.807, 2.05) is 12.1 Å². The Kier molecular flexibility index (Phi) is 3.98. The molecular formula is C13H18N2O2. The Hall–Kier alpha value is -1.55. The van der Waals surface area contributed by atoms with Crippen LogP contribution in [0.15, 0.2) is 24.3 Å². The first-order chi connectivity index (χ1) is 8.29. The fourth-order valence-electron chi connectivity index (χ4n) is 1.93. The molecule has 92 valence electrons. The highest BCUT2D eigenvalue weighted by Crippen LogP contribution is 2.13. The summed E-state index contributed by atoms with van der Waals surface area (Å²) in [5, 5.41) is 6.73. The van der Waals surface area contributed by atoms with Gasteiger partial charge >= 0.3 is 5.97 Å². The van der Waals surface area contributed by atoms with Crippen LogP contribution in [0, 0.1) is 0 Å². The zero-order valence-electron chi connectivity index (χ0n) is 10.0. The first-order valence-electron chi connectivity index (χ1n) is 6.04. The lowest BCUT2D eigenvalue weighted by Crippen LogP contribution is -2.22. The van der Waals surface area contributed by atoms with E-state index in [4.69, 9.17) is 4.74 Å². The molecule has 1 aromatic rings. The fraction of sp³-hybridized carbons (Fsp3) is 0.462. The Bertz CT molecular complexity index is 370. The molecule has 1 atom stereocenters. The van der Waals surface area contributed by atoms with Crippen LogP contribution in [0.1, 0.15) is 23.7 Å². The average Bonchev–Trinajstić information content (AvgIpc) is 2.83. The molecule has 0 aromatic heterocycles. The van der Waals surface area contributed by atoms with Gasteiger partial charge in [0.15, 0.2) is 0 Å². The SMILES string of the molecule is CCOC(=O)c1ccc(NC2CCNC2)cc1. The number of anilines is 1. The molecule has 0 bridgehead atoms. The van der Waals surface area contributed by atoms with Gasteiger partial charge in [-0.05, 0) is 44.2 Å². The van der Waals surface area contributed by atoms with Crippen molar-refractivity contribution in [3.63, 3.8) is 0 Å². The number of esters is 1. The van der Waals surface area contributed by atoms with Gasteiger partial charge in [-0.1, -0.05) is 0 Å². The lowest BCUT2D eigenvalue weighted by atomic mass is 10.2. The molecule has 1 unspecified atom stereocenters. The van der Waals surface area contributed by atoms with Crippen LogP contribution >= 0.6 is 0 Å². The molecule has 4 nitrogen and oxygen atoms in total. The molecule has 1 aliphatic rings. The maximum absolute atomic E-state index is 11.4. The smallest absolute Gasteiger partial charge is 0.338 e. The van der Waals surface area contributed by atoms with Gasteiger partial charge in [0.2, 0.25) is 0 Å². The van der Waals surface area contributed by atoms with E-state index in [0.29, 0.717) is 18.2 Å². The molecule has 17 heavy (non-hydrogen) atoms. The number of benzene rings is 1. The number of hydrogen-bond acceptors (Lipinski definition) is 4. The van der Waals surface area contributed by atoms with Crippen molar-refractivity contribution < 1.29 is 9.53 Å². The van der Waals surface area contributed by atoms with Crippen molar-refractivity contribution in [1.82, 2.24) is 5.32 Å². The van der Waals surface area contributed by atoms with E-state index in [2.05, 4.69) is 10.6 Å². The summed E-state index contributed by atoms with van der Waals surface area (Å²) in [6.45, 7) is 4.28. The van der Waals surface area contributed by atoms with E-state index in [0.717, 1.165) is 25.2 Å². The van der Waals surface area contributed by atoms with Crippen LogP contribution in [-0.4, -0.2) is 31.7 Å². The first kappa shape index (κ1) is 11.9. The lowest BCUT2D eigenvalue weighted by Gasteiger charge is -2.12. The molecule has 1 aromatic carbocycles. The average molecular weight is 234 g/mol. The molecule has 1 fully saturated rings. The molecule has 0 saturated carbocycles. The molecule has 2 N–H and O–H groups in total. The van der Waals surface area contributed by atoms with Gasteiger partial charge < -0.3 is 15.4 Å². The number of rotatable bonds is 4. The largest absolute Gasteiger partial charge is 0.462 e. The van der Waals surface area contributed by atoms with E-state index in [1.54, 1.807) is 19.1 Å². The van der Waals surface area contributed by atoms with Gasteiger partial charge in [-0.3, -0.25) is 0 Å². The Labute approximate surface area is 101 Å². The van der Waals surface area contributed by atoms with Crippen LogP contribution in [0.4, 0.5) is 5.69 Å². The van der Waals surface area contributed by atoms with Gasteiger partial charge in [0.25, 0.3) is 0 Å². The molecular weight excluding hydrogens is 216 g/mol. The number of carbonyl (C=O) groups excluding carboxylic acids is 1. The summed E-state index contributed by atoms with van der Waals surface area (Å²) in [4.78, 5) is 11.4. The highest BCUT2D eigenvalue weighted by molar-refractivity contribution is 5.89. The van der Waals surface area contributed by atoms with Crippen LogP contribution in [0.5, 0.6) is 0 Å². The summed E-state index contributed by atoms with van der Waals surface area (Å²) >= 11 is 0. The first-order valence-corrected chi connectivity index (χ1v) is 6.04. The molecule has 0 amide bonds. The van der Waals surface area contributed by atoms with Crippen molar-refractivity contribution in [2.24, 2.45) is 0 Å². The molecule has 2 rings (SSSR count). The minimum Gasteiger partial charge on any atom is -0.462 e. The zero-order chi connectivity index (χ0) is 12.1. The normalized spacial score (nSPS) is 19.0. The van der Waals surface area contributed by atoms with Gasteiger partial charge in [0.05, 0.1) is 12.2 Å². The molecule has 1 aliphatic heterocycles. The summed E-state index contributed by atoms with van der Waals surface area (Å²) in [5.41, 5.74) is 1.65. The van der Waals surface area contributed by atoms with Crippen LogP contribution < -0.4 is 10.6 Å². The van der Waals surface area contributed by atoms with Crippen molar-refractivity contribution in [3.8, 4) is 0 Å². The third-order valence-electron chi connectivity index (χ3n) is 2.83. The monoisotopic (exact) mass is 234 g/mol. The third-order valence-corrected chi connectivity index (χ3v) is 2.83. The van der Waals surface area contributed by atoms with Gasteiger partial charge in [-0.25, -0.2) is 4.79 Å². The van der Waals surface area contributed by atoms with Crippen molar-refractivity contribution >= 4 is 11.7 Å². The topological polar surface area (TPSA) is 50.4 Å². The van der Waals surface area contributed by atoms with Gasteiger partial charge in [0.1, 0.15) is 0 Å². The third kappa shape index (κ3) is 3.20. The van der Waals surface area contributed by atoms with E-state index in [9.17, 15) is 4.79 Å². The van der Waals surface area contributed by atoms with Gasteiger partial charge in [-0.2, -0.15) is 0 Å². The van der Waals surface area contributed by atoms with Gasteiger partial charge in [-0.15, -0.1) is 0 Å². The zero-order valence-corrected chi connectivity index (χ0v) is 10.0. The van der Waals surface area contributed by atoms with E-state index in [-0.39, 0.29) is 5.97 Å². The summed E-state index contributed by atoms with van der Waals surface area (Å²) in [6, 6.07) is 7.92. The fourth-order valence-corrected chi connectivity index (χ4v) is 1.93. The van der Waals surface area contributed by atoms with Crippen molar-refractivity contribution in [3.05, 3.63) is 29.8 Å². The second kappa shape index (κ2) is 5.68. The van der Waals surface area contributed by atoms with Gasteiger partial charge in [0, 0.05) is 18.3 Å². The molecule has 0 spiro atoms. The molecule has 4 heteroatoms. The van der Waals surface area contributed by atoms with Crippen LogP contribution in [0.2, 0.25) is 0 Å². The lowest BCUT2D eigenvalue weighted by molar-refractivity contribution is 0.0526. The van der Waals surface area contributed by atoms with Crippen molar-refractivity contribution in [1.29, 1.82) is 0 Å². The molecule has 0 aliphatic carbocycles. The van der Waals surface area contributed by atoms with Crippen molar-refractivity contribution in [2.45, 2.75) is 19.4 Å². The highest BCUT2D eigenvalue weighted by Gasteiger charge is 2.13. The number of ether oxygens (including phenoxy) is 1. The second-order valence-corrected chi connectivity index (χ2v) is 4.13. The summed E-state index contributed by atoms with van der Waals surface area (Å²) in [5.74, 6) is -0.262. The van der Waals surface area contributed by atoms with Crippen LogP contribution in [0.3, 0.4) is 0 Å². The minimum atomic E-state index is -0.262. The molecule has 1 heterocycles. The number of carbonyl (C=O) groups is 1. The standard InChI is InChI=1S/C13H18N2O2/c1-2-17-13(16)10-3-5-11(6-4-10)15-12-7-8-14-9-12/h3-6,12,14-15H,2,7-9H2,1H3. The van der Waals surface area contributed by atoms with E-state index >= 15 is 0 Å². The van der Waals surface area contributed by atoms with E-state index in [1.165, 1.54) is 0 Å². The quantitative estimate of drug-likeness (QED) is 0.778. The number of nitrogens with one attached hydrogen (secondary N) is 2. The minimum absolute atomic E-state index is 0.262. The maximum atomic E-state index is 11.4. The summed E-state index contributed by atoms with van der Waals surface area (Å²) in [7, 11) is 0. The molecule has 1 saturated heterocycles. The predicted octanol–water partition coefficient (Wildman–Crippen LogP) is 1.64. The summed E-state index contributed by atoms with van der Waals surface area (Å²) in [6.07, 6.45) is 1.14. The van der Waals surface area contributed by atoms with E-state index < -0.39 is 0 Å². The predicted molar refractivity (Wildman–Crippen MR) is 67.3 cm³/mol. The van der Waals surface area contributed by atoms with Crippen molar-refractivity contribution in [2.75, 3.05) is 25.0 Å². The maximum Gasteiger partial charge on any atom is 0.338 e. The Morgan fingerprint density at radius 1 is 1.47 bits per heavy atom. The second-order valence-electron chi connectivity index (χ2n) is 4.13. The van der Waals surface area contributed by atoms with Crippen LogP contribution in [-0.2, 0) is 4.74 Å². The highest BCUT2D eigenvalue weighted by atomic mass is 16.5. The van der Waals surface area contributed by atoms with Crippen LogP contribution in [0.25, 0.3) is 0 Å². The Morgan fingerprint density at radius 2 is 2.24 bits per heavy atom. The Morgan fingerprint density at radius 3 is 2.82 bits per heavy atom. The summed E-state index contributed by atoms with van der Waals surface area (Å²) < 4.78 is 4.93.